The Labute approximate surface area is 116 Å². The van der Waals surface area contributed by atoms with Gasteiger partial charge in [0.1, 0.15) is 22.5 Å². The molecule has 0 fully saturated rings. The molecule has 0 unspecified atom stereocenters. The minimum absolute atomic E-state index is 0.165. The van der Waals surface area contributed by atoms with Crippen LogP contribution in [-0.4, -0.2) is 15.1 Å². The number of aromatic amines is 1. The van der Waals surface area contributed by atoms with E-state index in [1.54, 1.807) is 0 Å². The van der Waals surface area contributed by atoms with E-state index < -0.39 is 33.9 Å². The van der Waals surface area contributed by atoms with Gasteiger partial charge in [-0.25, -0.2) is 9.37 Å². The van der Waals surface area contributed by atoms with Gasteiger partial charge in [0.05, 0.1) is 10.6 Å². The average molecular weight is 311 g/mol. The van der Waals surface area contributed by atoms with Gasteiger partial charge in [-0.15, -0.1) is 0 Å². The topological polar surface area (TPSA) is 48.9 Å². The molecule has 1 aromatic carbocycles. The van der Waals surface area contributed by atoms with Crippen molar-refractivity contribution in [1.29, 1.82) is 0 Å². The molecule has 0 atom stereocenters. The zero-order valence-corrected chi connectivity index (χ0v) is 11.0. The summed E-state index contributed by atoms with van der Waals surface area (Å²) in [5.74, 6) is -5.54. The molecular formula is C11H7Cl2F3N2O. The van der Waals surface area contributed by atoms with E-state index in [2.05, 4.69) is 9.97 Å². The minimum atomic E-state index is -3.80. The molecule has 2 rings (SSSR count). The SMILES string of the molecule is Cc1nc(C(F)(F)c2cc(O)c(Cl)cc2F)c(Cl)[nH]1. The lowest BCUT2D eigenvalue weighted by Gasteiger charge is -2.16. The van der Waals surface area contributed by atoms with Crippen molar-refractivity contribution in [1.82, 2.24) is 9.97 Å². The predicted molar refractivity (Wildman–Crippen MR) is 64.4 cm³/mol. The lowest BCUT2D eigenvalue weighted by atomic mass is 10.0. The molecule has 1 aromatic heterocycles. The van der Waals surface area contributed by atoms with E-state index in [9.17, 15) is 18.3 Å². The van der Waals surface area contributed by atoms with E-state index in [-0.39, 0.29) is 10.8 Å². The Morgan fingerprint density at radius 2 is 1.95 bits per heavy atom. The highest BCUT2D eigenvalue weighted by Gasteiger charge is 2.42. The lowest BCUT2D eigenvalue weighted by molar-refractivity contribution is 0.0343. The molecule has 0 aliphatic carbocycles. The zero-order valence-electron chi connectivity index (χ0n) is 9.44. The van der Waals surface area contributed by atoms with Crippen LogP contribution in [0.25, 0.3) is 0 Å². The first kappa shape index (κ1) is 14.0. The first-order chi connectivity index (χ1) is 8.73. The summed E-state index contributed by atoms with van der Waals surface area (Å²) in [6.07, 6.45) is 0. The Morgan fingerprint density at radius 3 is 2.47 bits per heavy atom. The highest BCUT2D eigenvalue weighted by molar-refractivity contribution is 6.32. The Hall–Kier alpha value is -1.40. The van der Waals surface area contributed by atoms with Crippen LogP contribution in [0.3, 0.4) is 0 Å². The molecule has 0 spiro atoms. The molecule has 3 nitrogen and oxygen atoms in total. The average Bonchev–Trinajstić information content (AvgIpc) is 2.63. The molecule has 8 heteroatoms. The van der Waals surface area contributed by atoms with Gasteiger partial charge >= 0.3 is 5.92 Å². The van der Waals surface area contributed by atoms with Crippen LogP contribution in [0, 0.1) is 12.7 Å². The van der Waals surface area contributed by atoms with Crippen molar-refractivity contribution >= 4 is 23.2 Å². The quantitative estimate of drug-likeness (QED) is 0.880. The van der Waals surface area contributed by atoms with Crippen LogP contribution in [0.2, 0.25) is 10.2 Å². The van der Waals surface area contributed by atoms with E-state index in [0.717, 1.165) is 0 Å². The van der Waals surface area contributed by atoms with Crippen molar-refractivity contribution in [2.75, 3.05) is 0 Å². The number of aromatic nitrogens is 2. The molecule has 2 N–H and O–H groups in total. The zero-order chi connectivity index (χ0) is 14.4. The van der Waals surface area contributed by atoms with Gasteiger partial charge in [0, 0.05) is 0 Å². The summed E-state index contributed by atoms with van der Waals surface area (Å²) in [5.41, 5.74) is -1.87. The van der Waals surface area contributed by atoms with Crippen molar-refractivity contribution in [2.24, 2.45) is 0 Å². The number of halogens is 5. The number of aromatic hydroxyl groups is 1. The summed E-state index contributed by atoms with van der Waals surface area (Å²) >= 11 is 11.0. The molecular weight excluding hydrogens is 304 g/mol. The number of hydrogen-bond donors (Lipinski definition) is 2. The van der Waals surface area contributed by atoms with Crippen molar-refractivity contribution in [3.05, 3.63) is 45.2 Å². The molecule has 0 bridgehead atoms. The Kier molecular flexibility index (Phi) is 3.40. The number of hydrogen-bond acceptors (Lipinski definition) is 2. The summed E-state index contributed by atoms with van der Waals surface area (Å²) in [5, 5.41) is 8.56. The van der Waals surface area contributed by atoms with E-state index in [4.69, 9.17) is 23.2 Å². The number of alkyl halides is 2. The highest BCUT2D eigenvalue weighted by Crippen LogP contribution is 2.41. The third-order valence-corrected chi connectivity index (χ3v) is 3.03. The van der Waals surface area contributed by atoms with E-state index in [1.807, 2.05) is 0 Å². The number of aryl methyl sites for hydroxylation is 1. The predicted octanol–water partition coefficient (Wildman–Crippen LogP) is 4.01. The number of H-pyrrole nitrogens is 1. The molecule has 1 heterocycles. The molecule has 0 aliphatic rings. The Balaban J connectivity index is 2.62. The molecule has 0 aliphatic heterocycles. The fraction of sp³-hybridized carbons (Fsp3) is 0.182. The van der Waals surface area contributed by atoms with Gasteiger partial charge in [0.25, 0.3) is 0 Å². The van der Waals surface area contributed by atoms with E-state index >= 15 is 0 Å². The molecule has 19 heavy (non-hydrogen) atoms. The maximum Gasteiger partial charge on any atom is 0.320 e. The molecule has 0 saturated carbocycles. The van der Waals surface area contributed by atoms with Crippen molar-refractivity contribution in [3.63, 3.8) is 0 Å². The number of rotatable bonds is 2. The van der Waals surface area contributed by atoms with Crippen LogP contribution in [0.1, 0.15) is 17.1 Å². The van der Waals surface area contributed by atoms with Gasteiger partial charge in [-0.05, 0) is 19.1 Å². The first-order valence-corrected chi connectivity index (χ1v) is 5.78. The second-order valence-electron chi connectivity index (χ2n) is 3.84. The van der Waals surface area contributed by atoms with Gasteiger partial charge in [-0.1, -0.05) is 23.2 Å². The van der Waals surface area contributed by atoms with Crippen LogP contribution < -0.4 is 0 Å². The molecule has 0 saturated heterocycles. The molecule has 0 radical (unpaired) electrons. The van der Waals surface area contributed by atoms with Crippen molar-refractivity contribution in [2.45, 2.75) is 12.8 Å². The van der Waals surface area contributed by atoms with Gasteiger partial charge in [-0.2, -0.15) is 8.78 Å². The smallest absolute Gasteiger partial charge is 0.320 e. The van der Waals surface area contributed by atoms with Crippen LogP contribution in [-0.2, 0) is 5.92 Å². The van der Waals surface area contributed by atoms with Gasteiger partial charge in [0.2, 0.25) is 0 Å². The summed E-state index contributed by atoms with van der Waals surface area (Å²) < 4.78 is 41.9. The Bertz CT molecular complexity index is 643. The van der Waals surface area contributed by atoms with E-state index in [1.165, 1.54) is 6.92 Å². The van der Waals surface area contributed by atoms with Gasteiger partial charge in [-0.3, -0.25) is 0 Å². The summed E-state index contributed by atoms with van der Waals surface area (Å²) in [6.45, 7) is 1.43. The second-order valence-corrected chi connectivity index (χ2v) is 4.63. The highest BCUT2D eigenvalue weighted by atomic mass is 35.5. The number of benzene rings is 1. The number of nitrogens with one attached hydrogen (secondary N) is 1. The normalized spacial score (nSPS) is 11.9. The van der Waals surface area contributed by atoms with Crippen LogP contribution >= 0.6 is 23.2 Å². The molecule has 2 aromatic rings. The lowest BCUT2D eigenvalue weighted by Crippen LogP contribution is -2.18. The molecule has 102 valence electrons. The van der Waals surface area contributed by atoms with E-state index in [0.29, 0.717) is 12.1 Å². The maximum absolute atomic E-state index is 14.2. The fourth-order valence-corrected chi connectivity index (χ4v) is 2.02. The van der Waals surface area contributed by atoms with Crippen molar-refractivity contribution in [3.8, 4) is 5.75 Å². The van der Waals surface area contributed by atoms with Crippen LogP contribution in [0.4, 0.5) is 13.2 Å². The monoisotopic (exact) mass is 310 g/mol. The van der Waals surface area contributed by atoms with Crippen LogP contribution in [0.15, 0.2) is 12.1 Å². The molecule has 0 amide bonds. The Morgan fingerprint density at radius 1 is 1.32 bits per heavy atom. The standard InChI is InChI=1S/C11H7Cl2F3N2O/c1-4-17-9(10(13)18-4)11(15,16)5-2-8(19)6(12)3-7(5)14/h2-3,19H,1H3,(H,17,18). The maximum atomic E-state index is 14.2. The number of phenols is 1. The third-order valence-electron chi connectivity index (χ3n) is 2.45. The summed E-state index contributed by atoms with van der Waals surface area (Å²) in [4.78, 5) is 5.92. The number of phenolic OH excluding ortho intramolecular Hbond substituents is 1. The van der Waals surface area contributed by atoms with Crippen molar-refractivity contribution < 1.29 is 18.3 Å². The first-order valence-electron chi connectivity index (χ1n) is 5.02. The van der Waals surface area contributed by atoms with Gasteiger partial charge in [0.15, 0.2) is 5.69 Å². The third kappa shape index (κ3) is 2.37. The second kappa shape index (κ2) is 4.61. The largest absolute Gasteiger partial charge is 0.506 e. The number of nitrogens with zero attached hydrogens (tertiary/aromatic N) is 1. The van der Waals surface area contributed by atoms with Gasteiger partial charge < -0.3 is 10.1 Å². The number of imidazole rings is 1. The minimum Gasteiger partial charge on any atom is -0.506 e. The summed E-state index contributed by atoms with van der Waals surface area (Å²) in [6, 6.07) is 1.16. The summed E-state index contributed by atoms with van der Waals surface area (Å²) in [7, 11) is 0. The fourth-order valence-electron chi connectivity index (χ4n) is 1.58. The van der Waals surface area contributed by atoms with Crippen LogP contribution in [0.5, 0.6) is 5.75 Å².